The van der Waals surface area contributed by atoms with Gasteiger partial charge in [-0.2, -0.15) is 0 Å². The summed E-state index contributed by atoms with van der Waals surface area (Å²) < 4.78 is 0. The molecule has 0 aromatic carbocycles. The predicted octanol–water partition coefficient (Wildman–Crippen LogP) is -0.0207. The monoisotopic (exact) mass is 287 g/mol. The highest BCUT2D eigenvalue weighted by atomic mass is 16.4. The van der Waals surface area contributed by atoms with Crippen LogP contribution in [0.15, 0.2) is 0 Å². The smallest absolute Gasteiger partial charge is 0.407 e. The van der Waals surface area contributed by atoms with Gasteiger partial charge in [-0.25, -0.2) is 4.79 Å². The maximum atomic E-state index is 11.9. The summed E-state index contributed by atoms with van der Waals surface area (Å²) in [5.74, 6) is 0.0313. The number of amides is 2. The zero-order valence-corrected chi connectivity index (χ0v) is 12.1. The van der Waals surface area contributed by atoms with Gasteiger partial charge in [-0.3, -0.25) is 4.79 Å². The number of hydrogen-bond donors (Lipinski definition) is 4. The fourth-order valence-corrected chi connectivity index (χ4v) is 2.39. The third kappa shape index (κ3) is 4.97. The molecule has 1 heterocycles. The Morgan fingerprint density at radius 1 is 1.45 bits per heavy atom. The van der Waals surface area contributed by atoms with Crippen molar-refractivity contribution in [2.45, 2.75) is 51.3 Å². The van der Waals surface area contributed by atoms with Gasteiger partial charge in [0.1, 0.15) is 0 Å². The van der Waals surface area contributed by atoms with Crippen molar-refractivity contribution in [2.75, 3.05) is 13.1 Å². The molecule has 2 unspecified atom stereocenters. The molecule has 7 heteroatoms. The number of nitrogens with zero attached hydrogens (tertiary/aromatic N) is 1. The van der Waals surface area contributed by atoms with Crippen LogP contribution in [0.2, 0.25) is 0 Å². The summed E-state index contributed by atoms with van der Waals surface area (Å²) in [6, 6.07) is -1.04. The first-order valence-corrected chi connectivity index (χ1v) is 7.03. The summed E-state index contributed by atoms with van der Waals surface area (Å²) in [6.07, 6.45) is -0.217. The Morgan fingerprint density at radius 3 is 2.65 bits per heavy atom. The first-order chi connectivity index (χ1) is 9.31. The summed E-state index contributed by atoms with van der Waals surface area (Å²) in [4.78, 5) is 24.0. The van der Waals surface area contributed by atoms with Crippen molar-refractivity contribution in [3.8, 4) is 0 Å². The van der Waals surface area contributed by atoms with E-state index < -0.39 is 24.3 Å². The number of aliphatic hydroxyl groups excluding tert-OH is 1. The molecule has 20 heavy (non-hydrogen) atoms. The topological polar surface area (TPSA) is 116 Å². The highest BCUT2D eigenvalue weighted by Crippen LogP contribution is 2.13. The van der Waals surface area contributed by atoms with E-state index in [0.717, 1.165) is 0 Å². The van der Waals surface area contributed by atoms with Gasteiger partial charge >= 0.3 is 6.09 Å². The minimum Gasteiger partial charge on any atom is -0.465 e. The molecule has 7 nitrogen and oxygen atoms in total. The Labute approximate surface area is 119 Å². The molecule has 0 radical (unpaired) electrons. The quantitative estimate of drug-likeness (QED) is 0.580. The minimum absolute atomic E-state index is 0.0136. The number of aliphatic hydroxyl groups is 1. The van der Waals surface area contributed by atoms with Gasteiger partial charge < -0.3 is 26.2 Å². The van der Waals surface area contributed by atoms with Crippen LogP contribution < -0.4 is 11.1 Å². The molecular formula is C13H25N3O4. The standard InChI is InChI=1S/C13H25N3O4/c1-8(2)6-9(14)12(18)15-10-4-3-5-16(13(19)20)7-11(10)17/h8-11,17H,3-7,14H2,1-2H3,(H,15,18)(H,19,20)/t9-,10?,11?/m0/s1. The predicted molar refractivity (Wildman–Crippen MR) is 74.2 cm³/mol. The van der Waals surface area contributed by atoms with E-state index in [1.807, 2.05) is 13.8 Å². The Balaban J connectivity index is 2.54. The lowest BCUT2D eigenvalue weighted by Crippen LogP contribution is -2.51. The Morgan fingerprint density at radius 2 is 2.10 bits per heavy atom. The molecule has 0 aromatic rings. The Kier molecular flexibility index (Phi) is 6.22. The number of likely N-dealkylation sites (tertiary alicyclic amines) is 1. The molecule has 1 saturated heterocycles. The second kappa shape index (κ2) is 7.44. The van der Waals surface area contributed by atoms with Gasteiger partial charge in [0.05, 0.1) is 24.7 Å². The fraction of sp³-hybridized carbons (Fsp3) is 0.846. The van der Waals surface area contributed by atoms with Gasteiger partial charge in [0.15, 0.2) is 0 Å². The average molecular weight is 287 g/mol. The summed E-state index contributed by atoms with van der Waals surface area (Å²) in [7, 11) is 0. The molecule has 2 amide bonds. The van der Waals surface area contributed by atoms with E-state index in [2.05, 4.69) is 5.32 Å². The van der Waals surface area contributed by atoms with Crippen molar-refractivity contribution in [3.63, 3.8) is 0 Å². The molecule has 0 saturated carbocycles. The lowest BCUT2D eigenvalue weighted by Gasteiger charge is -2.25. The van der Waals surface area contributed by atoms with Crippen molar-refractivity contribution in [1.82, 2.24) is 10.2 Å². The number of nitrogens with one attached hydrogen (secondary N) is 1. The number of β-amino-alcohol motifs (C(OH)–C–C–N with tert-alkyl or cyclic N) is 1. The van der Waals surface area contributed by atoms with Crippen LogP contribution in [-0.4, -0.2) is 58.4 Å². The Bertz CT molecular complexity index is 349. The van der Waals surface area contributed by atoms with E-state index in [1.165, 1.54) is 4.90 Å². The van der Waals surface area contributed by atoms with Gasteiger partial charge in [0, 0.05) is 6.54 Å². The number of carboxylic acid groups (broad SMARTS) is 1. The van der Waals surface area contributed by atoms with Crippen molar-refractivity contribution in [1.29, 1.82) is 0 Å². The van der Waals surface area contributed by atoms with E-state index in [9.17, 15) is 14.7 Å². The zero-order chi connectivity index (χ0) is 15.3. The van der Waals surface area contributed by atoms with Gasteiger partial charge in [0.2, 0.25) is 5.91 Å². The number of rotatable bonds is 4. The zero-order valence-electron chi connectivity index (χ0n) is 12.1. The number of carbonyl (C=O) groups excluding carboxylic acids is 1. The Hall–Kier alpha value is -1.34. The van der Waals surface area contributed by atoms with Crippen LogP contribution in [0.4, 0.5) is 4.79 Å². The molecule has 5 N–H and O–H groups in total. The van der Waals surface area contributed by atoms with E-state index in [4.69, 9.17) is 10.8 Å². The number of nitrogens with two attached hydrogens (primary N) is 1. The normalized spacial score (nSPS) is 25.1. The largest absolute Gasteiger partial charge is 0.465 e. The second-order valence-electron chi connectivity index (χ2n) is 5.79. The average Bonchev–Trinajstić information content (AvgIpc) is 2.51. The molecular weight excluding hydrogens is 262 g/mol. The molecule has 0 spiro atoms. The van der Waals surface area contributed by atoms with Gasteiger partial charge in [-0.05, 0) is 25.2 Å². The van der Waals surface area contributed by atoms with Crippen LogP contribution in [-0.2, 0) is 4.79 Å². The highest BCUT2D eigenvalue weighted by molar-refractivity contribution is 5.81. The molecule has 0 aliphatic carbocycles. The van der Waals surface area contributed by atoms with Crippen LogP contribution in [0.1, 0.15) is 33.1 Å². The first-order valence-electron chi connectivity index (χ1n) is 7.03. The van der Waals surface area contributed by atoms with E-state index >= 15 is 0 Å². The van der Waals surface area contributed by atoms with Crippen LogP contribution in [0.25, 0.3) is 0 Å². The van der Waals surface area contributed by atoms with E-state index in [-0.39, 0.29) is 12.5 Å². The summed E-state index contributed by atoms with van der Waals surface area (Å²) in [5, 5.41) is 21.7. The first kappa shape index (κ1) is 16.7. The number of hydrogen-bond acceptors (Lipinski definition) is 4. The van der Waals surface area contributed by atoms with Crippen molar-refractivity contribution >= 4 is 12.0 Å². The maximum absolute atomic E-state index is 11.9. The lowest BCUT2D eigenvalue weighted by atomic mass is 10.0. The summed E-state index contributed by atoms with van der Waals surface area (Å²) in [5.41, 5.74) is 5.80. The second-order valence-corrected chi connectivity index (χ2v) is 5.79. The third-order valence-corrected chi connectivity index (χ3v) is 3.48. The highest BCUT2D eigenvalue weighted by Gasteiger charge is 2.29. The fourth-order valence-electron chi connectivity index (χ4n) is 2.39. The molecule has 1 aliphatic rings. The van der Waals surface area contributed by atoms with Crippen LogP contribution in [0.5, 0.6) is 0 Å². The van der Waals surface area contributed by atoms with E-state index in [0.29, 0.717) is 31.7 Å². The maximum Gasteiger partial charge on any atom is 0.407 e. The van der Waals surface area contributed by atoms with Crippen molar-refractivity contribution < 1.29 is 19.8 Å². The van der Waals surface area contributed by atoms with E-state index in [1.54, 1.807) is 0 Å². The molecule has 1 aliphatic heterocycles. The molecule has 116 valence electrons. The van der Waals surface area contributed by atoms with Crippen LogP contribution >= 0.6 is 0 Å². The lowest BCUT2D eigenvalue weighted by molar-refractivity contribution is -0.124. The van der Waals surface area contributed by atoms with Crippen LogP contribution in [0, 0.1) is 5.92 Å². The molecule has 0 bridgehead atoms. The molecule has 1 fully saturated rings. The minimum atomic E-state index is -1.05. The summed E-state index contributed by atoms with van der Waals surface area (Å²) in [6.45, 7) is 4.35. The van der Waals surface area contributed by atoms with Gasteiger partial charge in [0.25, 0.3) is 0 Å². The van der Waals surface area contributed by atoms with Gasteiger partial charge in [-0.1, -0.05) is 13.8 Å². The number of carbonyl (C=O) groups is 2. The molecule has 0 aromatic heterocycles. The van der Waals surface area contributed by atoms with Crippen molar-refractivity contribution in [2.24, 2.45) is 11.7 Å². The van der Waals surface area contributed by atoms with Gasteiger partial charge in [-0.15, -0.1) is 0 Å². The summed E-state index contributed by atoms with van der Waals surface area (Å²) >= 11 is 0. The molecule has 1 rings (SSSR count). The SMILES string of the molecule is CC(C)C[C@H](N)C(=O)NC1CCCN(C(=O)O)CC1O. The molecule has 3 atom stereocenters. The van der Waals surface area contributed by atoms with Crippen LogP contribution in [0.3, 0.4) is 0 Å². The van der Waals surface area contributed by atoms with Crippen molar-refractivity contribution in [3.05, 3.63) is 0 Å². The third-order valence-electron chi connectivity index (χ3n) is 3.48.